The molecule has 1 aliphatic rings. The number of fused-ring (bicyclic) bond motifs is 1. The summed E-state index contributed by atoms with van der Waals surface area (Å²) in [6.45, 7) is 0. The van der Waals surface area contributed by atoms with Gasteiger partial charge in [0, 0.05) is 18.6 Å². The molecule has 0 radical (unpaired) electrons. The maximum absolute atomic E-state index is 9.96. The Bertz CT molecular complexity index is 670. The second-order valence-electron chi connectivity index (χ2n) is 5.64. The summed E-state index contributed by atoms with van der Waals surface area (Å²) >= 11 is 3.54. The Morgan fingerprint density at radius 2 is 2.05 bits per heavy atom. The lowest BCUT2D eigenvalue weighted by atomic mass is 10.1. The molecule has 0 saturated heterocycles. The van der Waals surface area contributed by atoms with Gasteiger partial charge in [-0.2, -0.15) is 0 Å². The third-order valence-corrected chi connectivity index (χ3v) is 4.51. The third kappa shape index (κ3) is 2.72. The summed E-state index contributed by atoms with van der Waals surface area (Å²) in [4.78, 5) is 2.10. The number of nitrogens with one attached hydrogen (secondary N) is 1. The van der Waals surface area contributed by atoms with Crippen LogP contribution in [0.5, 0.6) is 5.75 Å². The number of nitrogens with zero attached hydrogens (tertiary/aromatic N) is 1. The first-order valence-corrected chi connectivity index (χ1v) is 7.89. The molecule has 21 heavy (non-hydrogen) atoms. The van der Waals surface area contributed by atoms with E-state index in [1.807, 2.05) is 20.2 Å². The fourth-order valence-electron chi connectivity index (χ4n) is 2.99. The van der Waals surface area contributed by atoms with Crippen molar-refractivity contribution in [2.24, 2.45) is 0 Å². The van der Waals surface area contributed by atoms with Gasteiger partial charge in [0.2, 0.25) is 0 Å². The summed E-state index contributed by atoms with van der Waals surface area (Å²) in [5.41, 5.74) is 4.55. The number of aromatic hydroxyl groups is 1. The van der Waals surface area contributed by atoms with Gasteiger partial charge >= 0.3 is 0 Å². The first kappa shape index (κ1) is 14.3. The highest BCUT2D eigenvalue weighted by atomic mass is 79.9. The van der Waals surface area contributed by atoms with Crippen LogP contribution in [0.2, 0.25) is 0 Å². The molecule has 3 nitrogen and oxygen atoms in total. The molecule has 2 N–H and O–H groups in total. The molecule has 110 valence electrons. The lowest BCUT2D eigenvalue weighted by molar-refractivity contribution is 0.469. The standard InChI is InChI=1S/C17H19BrN2O/c1-20(2)16-9-6-11(18)10-15(16)19-14-8-7-13-12(14)4-3-5-17(13)21/h3-6,9-10,14,19,21H,7-8H2,1-2H3. The quantitative estimate of drug-likeness (QED) is 0.868. The molecule has 0 heterocycles. The Hall–Kier alpha value is -1.68. The summed E-state index contributed by atoms with van der Waals surface area (Å²) in [6, 6.07) is 12.3. The SMILES string of the molecule is CN(C)c1ccc(Br)cc1NC1CCc2c(O)cccc21. The Kier molecular flexibility index (Phi) is 3.81. The molecule has 1 aliphatic carbocycles. The summed E-state index contributed by atoms with van der Waals surface area (Å²) in [7, 11) is 4.09. The highest BCUT2D eigenvalue weighted by Crippen LogP contribution is 2.40. The monoisotopic (exact) mass is 346 g/mol. The fraction of sp³-hybridized carbons (Fsp3) is 0.294. The van der Waals surface area contributed by atoms with Crippen LogP contribution in [-0.4, -0.2) is 19.2 Å². The van der Waals surface area contributed by atoms with Crippen molar-refractivity contribution >= 4 is 27.3 Å². The largest absolute Gasteiger partial charge is 0.508 e. The number of hydrogen-bond acceptors (Lipinski definition) is 3. The molecule has 1 atom stereocenters. The Balaban J connectivity index is 1.93. The summed E-state index contributed by atoms with van der Waals surface area (Å²) in [5.74, 6) is 0.416. The van der Waals surface area contributed by atoms with Gasteiger partial charge < -0.3 is 15.3 Å². The van der Waals surface area contributed by atoms with E-state index in [0.717, 1.165) is 34.3 Å². The maximum atomic E-state index is 9.96. The molecule has 0 fully saturated rings. The van der Waals surface area contributed by atoms with E-state index in [4.69, 9.17) is 0 Å². The van der Waals surface area contributed by atoms with Crippen molar-refractivity contribution in [1.29, 1.82) is 0 Å². The van der Waals surface area contributed by atoms with E-state index in [0.29, 0.717) is 5.75 Å². The van der Waals surface area contributed by atoms with Gasteiger partial charge in [-0.25, -0.2) is 0 Å². The zero-order chi connectivity index (χ0) is 15.0. The first-order chi connectivity index (χ1) is 10.1. The summed E-state index contributed by atoms with van der Waals surface area (Å²) in [6.07, 6.45) is 1.93. The average Bonchev–Trinajstić information content (AvgIpc) is 2.83. The molecule has 0 aliphatic heterocycles. The number of anilines is 2. The van der Waals surface area contributed by atoms with Gasteiger partial charge in [0.15, 0.2) is 0 Å². The van der Waals surface area contributed by atoms with Crippen molar-refractivity contribution in [2.45, 2.75) is 18.9 Å². The second-order valence-corrected chi connectivity index (χ2v) is 6.55. The zero-order valence-electron chi connectivity index (χ0n) is 12.2. The summed E-state index contributed by atoms with van der Waals surface area (Å²) in [5, 5.41) is 13.6. The van der Waals surface area contributed by atoms with E-state index in [9.17, 15) is 5.11 Å². The van der Waals surface area contributed by atoms with Gasteiger partial charge in [-0.05, 0) is 48.2 Å². The van der Waals surface area contributed by atoms with Gasteiger partial charge in [-0.15, -0.1) is 0 Å². The van der Waals surface area contributed by atoms with E-state index in [1.165, 1.54) is 5.56 Å². The van der Waals surface area contributed by atoms with Gasteiger partial charge in [0.1, 0.15) is 5.75 Å². The van der Waals surface area contributed by atoms with Crippen molar-refractivity contribution in [2.75, 3.05) is 24.3 Å². The molecular formula is C17H19BrN2O. The summed E-state index contributed by atoms with van der Waals surface area (Å²) < 4.78 is 1.06. The lowest BCUT2D eigenvalue weighted by Gasteiger charge is -2.22. The molecule has 4 heteroatoms. The number of hydrogen-bond donors (Lipinski definition) is 2. The van der Waals surface area contributed by atoms with Crippen LogP contribution in [0.25, 0.3) is 0 Å². The number of phenols is 1. The smallest absolute Gasteiger partial charge is 0.119 e. The molecule has 0 saturated carbocycles. The molecule has 2 aromatic rings. The van der Waals surface area contributed by atoms with Crippen molar-refractivity contribution in [3.8, 4) is 5.75 Å². The lowest BCUT2D eigenvalue weighted by Crippen LogP contribution is -2.14. The Labute approximate surface area is 133 Å². The van der Waals surface area contributed by atoms with E-state index >= 15 is 0 Å². The molecule has 2 aromatic carbocycles. The van der Waals surface area contributed by atoms with Crippen LogP contribution in [-0.2, 0) is 6.42 Å². The predicted molar refractivity (Wildman–Crippen MR) is 91.3 cm³/mol. The van der Waals surface area contributed by atoms with Crippen molar-refractivity contribution < 1.29 is 5.11 Å². The first-order valence-electron chi connectivity index (χ1n) is 7.10. The molecule has 0 aromatic heterocycles. The minimum atomic E-state index is 0.250. The van der Waals surface area contributed by atoms with Crippen molar-refractivity contribution in [3.05, 3.63) is 52.0 Å². The molecule has 0 spiro atoms. The predicted octanol–water partition coefficient (Wildman–Crippen LogP) is 4.32. The van der Waals surface area contributed by atoms with E-state index in [-0.39, 0.29) is 6.04 Å². The number of rotatable bonds is 3. The number of phenolic OH excluding ortho intramolecular Hbond substituents is 1. The molecule has 0 amide bonds. The van der Waals surface area contributed by atoms with Crippen LogP contribution in [0.3, 0.4) is 0 Å². The van der Waals surface area contributed by atoms with Crippen molar-refractivity contribution in [1.82, 2.24) is 0 Å². The van der Waals surface area contributed by atoms with E-state index < -0.39 is 0 Å². The normalized spacial score (nSPS) is 16.6. The minimum Gasteiger partial charge on any atom is -0.508 e. The second kappa shape index (κ2) is 5.60. The van der Waals surface area contributed by atoms with E-state index in [1.54, 1.807) is 6.07 Å². The van der Waals surface area contributed by atoms with Crippen molar-refractivity contribution in [3.63, 3.8) is 0 Å². The molecule has 3 rings (SSSR count). The van der Waals surface area contributed by atoms with Gasteiger partial charge in [0.25, 0.3) is 0 Å². The Morgan fingerprint density at radius 3 is 2.81 bits per heavy atom. The highest BCUT2D eigenvalue weighted by molar-refractivity contribution is 9.10. The Morgan fingerprint density at radius 1 is 1.24 bits per heavy atom. The molecule has 0 bridgehead atoms. The van der Waals surface area contributed by atoms with Crippen LogP contribution in [0.4, 0.5) is 11.4 Å². The fourth-order valence-corrected chi connectivity index (χ4v) is 3.35. The van der Waals surface area contributed by atoms with Crippen LogP contribution < -0.4 is 10.2 Å². The molecule has 1 unspecified atom stereocenters. The zero-order valence-corrected chi connectivity index (χ0v) is 13.8. The highest BCUT2D eigenvalue weighted by Gasteiger charge is 2.25. The van der Waals surface area contributed by atoms with E-state index in [2.05, 4.69) is 50.4 Å². The van der Waals surface area contributed by atoms with Gasteiger partial charge in [-0.1, -0.05) is 28.1 Å². The molecular weight excluding hydrogens is 328 g/mol. The van der Waals surface area contributed by atoms with Crippen LogP contribution in [0.1, 0.15) is 23.6 Å². The maximum Gasteiger partial charge on any atom is 0.119 e. The van der Waals surface area contributed by atoms with Crippen LogP contribution in [0.15, 0.2) is 40.9 Å². The van der Waals surface area contributed by atoms with Crippen LogP contribution in [0, 0.1) is 0 Å². The van der Waals surface area contributed by atoms with Gasteiger partial charge in [-0.3, -0.25) is 0 Å². The number of halogens is 1. The number of benzene rings is 2. The topological polar surface area (TPSA) is 35.5 Å². The van der Waals surface area contributed by atoms with Crippen LogP contribution >= 0.6 is 15.9 Å². The minimum absolute atomic E-state index is 0.250. The average molecular weight is 347 g/mol. The van der Waals surface area contributed by atoms with Gasteiger partial charge in [0.05, 0.1) is 17.4 Å². The third-order valence-electron chi connectivity index (χ3n) is 4.02.